The van der Waals surface area contributed by atoms with Gasteiger partial charge in [-0.2, -0.15) is 0 Å². The van der Waals surface area contributed by atoms with Gasteiger partial charge in [0.15, 0.2) is 0 Å². The Hall–Kier alpha value is -1.75. The Morgan fingerprint density at radius 3 is 2.68 bits per heavy atom. The highest BCUT2D eigenvalue weighted by atomic mass is 35.5. The Labute approximate surface area is 116 Å². The van der Waals surface area contributed by atoms with Crippen LogP contribution in [0.5, 0.6) is 0 Å². The number of carbonyl (C=O) groups is 2. The Balaban J connectivity index is 2.34. The molecular formula is C13H16ClN3O2. The smallest absolute Gasteiger partial charge is 0.258 e. The van der Waals surface area contributed by atoms with Crippen LogP contribution in [0.4, 0.5) is 5.69 Å². The molecular weight excluding hydrogens is 266 g/mol. The Kier molecular flexibility index (Phi) is 3.95. The molecule has 102 valence electrons. The van der Waals surface area contributed by atoms with Gasteiger partial charge in [0, 0.05) is 12.2 Å². The number of likely N-dealkylation sites (tertiary alicyclic amines) is 1. The van der Waals surface area contributed by atoms with E-state index in [2.05, 4.69) is 0 Å². The first-order valence-electron chi connectivity index (χ1n) is 6.16. The molecule has 2 rings (SSSR count). The van der Waals surface area contributed by atoms with Crippen molar-refractivity contribution >= 4 is 29.1 Å². The molecule has 4 N–H and O–H groups in total. The fourth-order valence-corrected chi connectivity index (χ4v) is 2.64. The van der Waals surface area contributed by atoms with Crippen molar-refractivity contribution in [3.8, 4) is 0 Å². The van der Waals surface area contributed by atoms with Crippen LogP contribution in [0.15, 0.2) is 18.2 Å². The third-order valence-electron chi connectivity index (χ3n) is 3.35. The van der Waals surface area contributed by atoms with E-state index < -0.39 is 11.9 Å². The van der Waals surface area contributed by atoms with Crippen LogP contribution >= 0.6 is 11.6 Å². The first-order valence-corrected chi connectivity index (χ1v) is 6.54. The van der Waals surface area contributed by atoms with E-state index in [1.807, 2.05) is 0 Å². The molecule has 0 spiro atoms. The quantitative estimate of drug-likeness (QED) is 0.803. The van der Waals surface area contributed by atoms with E-state index in [1.54, 1.807) is 18.2 Å². The molecule has 0 aliphatic carbocycles. The second kappa shape index (κ2) is 5.48. The Morgan fingerprint density at radius 2 is 2.05 bits per heavy atom. The highest BCUT2D eigenvalue weighted by Crippen LogP contribution is 2.27. The normalized spacial score (nSPS) is 19.2. The van der Waals surface area contributed by atoms with Crippen molar-refractivity contribution < 1.29 is 9.59 Å². The molecule has 1 fully saturated rings. The summed E-state index contributed by atoms with van der Waals surface area (Å²) in [5.41, 5.74) is 11.7. The highest BCUT2D eigenvalue weighted by Gasteiger charge is 2.32. The van der Waals surface area contributed by atoms with Crippen LogP contribution in [-0.2, 0) is 4.79 Å². The van der Waals surface area contributed by atoms with Gasteiger partial charge in [0.1, 0.15) is 6.04 Å². The minimum absolute atomic E-state index is 0.248. The lowest BCUT2D eigenvalue weighted by molar-refractivity contribution is -0.123. The van der Waals surface area contributed by atoms with Crippen molar-refractivity contribution in [1.29, 1.82) is 0 Å². The number of hydrogen-bond donors (Lipinski definition) is 2. The molecule has 0 aromatic heterocycles. The van der Waals surface area contributed by atoms with Crippen molar-refractivity contribution in [2.75, 3.05) is 12.3 Å². The maximum Gasteiger partial charge on any atom is 0.258 e. The molecule has 0 radical (unpaired) electrons. The van der Waals surface area contributed by atoms with Gasteiger partial charge in [-0.1, -0.05) is 17.7 Å². The van der Waals surface area contributed by atoms with E-state index in [1.165, 1.54) is 4.90 Å². The molecule has 1 saturated heterocycles. The van der Waals surface area contributed by atoms with Crippen molar-refractivity contribution in [3.63, 3.8) is 0 Å². The van der Waals surface area contributed by atoms with E-state index in [0.29, 0.717) is 23.7 Å². The summed E-state index contributed by atoms with van der Waals surface area (Å²) in [4.78, 5) is 25.4. The molecule has 6 heteroatoms. The lowest BCUT2D eigenvalue weighted by atomic mass is 10.00. The number of nitrogens with zero attached hydrogens (tertiary/aromatic N) is 1. The highest BCUT2D eigenvalue weighted by molar-refractivity contribution is 6.34. The van der Waals surface area contributed by atoms with Crippen LogP contribution in [0.2, 0.25) is 5.02 Å². The van der Waals surface area contributed by atoms with E-state index in [9.17, 15) is 9.59 Å². The Bertz CT molecular complexity index is 498. The number of nitrogens with two attached hydrogens (primary N) is 2. The van der Waals surface area contributed by atoms with Crippen LogP contribution in [-0.4, -0.2) is 29.3 Å². The predicted molar refractivity (Wildman–Crippen MR) is 73.7 cm³/mol. The second-order valence-electron chi connectivity index (χ2n) is 4.62. The second-order valence-corrected chi connectivity index (χ2v) is 5.02. The first-order chi connectivity index (χ1) is 9.02. The fraction of sp³-hybridized carbons (Fsp3) is 0.385. The van der Waals surface area contributed by atoms with Gasteiger partial charge in [-0.25, -0.2) is 0 Å². The van der Waals surface area contributed by atoms with Crippen LogP contribution in [0.25, 0.3) is 0 Å². The number of carbonyl (C=O) groups excluding carboxylic acids is 2. The zero-order valence-electron chi connectivity index (χ0n) is 10.4. The summed E-state index contributed by atoms with van der Waals surface area (Å²) in [7, 11) is 0. The molecule has 0 bridgehead atoms. The Morgan fingerprint density at radius 1 is 1.32 bits per heavy atom. The topological polar surface area (TPSA) is 89.4 Å². The summed E-state index contributed by atoms with van der Waals surface area (Å²) in [5.74, 6) is -0.815. The summed E-state index contributed by atoms with van der Waals surface area (Å²) >= 11 is 6.03. The number of amides is 2. The lowest BCUT2D eigenvalue weighted by Crippen LogP contribution is -2.50. The average molecular weight is 282 g/mol. The van der Waals surface area contributed by atoms with Gasteiger partial charge in [0.25, 0.3) is 5.91 Å². The van der Waals surface area contributed by atoms with Crippen LogP contribution in [0, 0.1) is 0 Å². The van der Waals surface area contributed by atoms with Gasteiger partial charge >= 0.3 is 0 Å². The number of anilines is 1. The maximum absolute atomic E-state index is 12.5. The van der Waals surface area contributed by atoms with Gasteiger partial charge in [0.05, 0.1) is 10.6 Å². The number of hydrogen-bond acceptors (Lipinski definition) is 3. The molecule has 1 aromatic carbocycles. The number of benzene rings is 1. The third kappa shape index (κ3) is 2.66. The first kappa shape index (κ1) is 13.7. The van der Waals surface area contributed by atoms with E-state index in [0.717, 1.165) is 12.8 Å². The van der Waals surface area contributed by atoms with Crippen LogP contribution in [0.1, 0.15) is 29.6 Å². The minimum Gasteiger partial charge on any atom is -0.398 e. The average Bonchev–Trinajstić information content (AvgIpc) is 2.38. The van der Waals surface area contributed by atoms with Crippen molar-refractivity contribution in [3.05, 3.63) is 28.8 Å². The number of piperidine rings is 1. The fourth-order valence-electron chi connectivity index (χ4n) is 2.38. The van der Waals surface area contributed by atoms with E-state index >= 15 is 0 Å². The van der Waals surface area contributed by atoms with Gasteiger partial charge < -0.3 is 16.4 Å². The van der Waals surface area contributed by atoms with Gasteiger partial charge in [0.2, 0.25) is 5.91 Å². The zero-order valence-corrected chi connectivity index (χ0v) is 11.2. The SMILES string of the molecule is NC(=O)C1CCCCN1C(=O)c1c(N)cccc1Cl. The minimum atomic E-state index is -0.572. The molecule has 1 unspecified atom stereocenters. The predicted octanol–water partition coefficient (Wildman–Crippen LogP) is 1.40. The summed E-state index contributed by atoms with van der Waals surface area (Å²) in [6.07, 6.45) is 2.32. The summed E-state index contributed by atoms with van der Waals surface area (Å²) < 4.78 is 0. The molecule has 0 saturated carbocycles. The van der Waals surface area contributed by atoms with Crippen molar-refractivity contribution in [1.82, 2.24) is 4.90 Å². The van der Waals surface area contributed by atoms with Crippen molar-refractivity contribution in [2.45, 2.75) is 25.3 Å². The van der Waals surface area contributed by atoms with Gasteiger partial charge in [-0.15, -0.1) is 0 Å². The largest absolute Gasteiger partial charge is 0.398 e. The molecule has 1 aliphatic heterocycles. The lowest BCUT2D eigenvalue weighted by Gasteiger charge is -2.34. The standard InChI is InChI=1S/C13H16ClN3O2/c14-8-4-3-5-9(15)11(8)13(19)17-7-2-1-6-10(17)12(16)18/h3-5,10H,1-2,6-7,15H2,(H2,16,18). The summed E-state index contributed by atoms with van der Waals surface area (Å²) in [6.45, 7) is 0.497. The molecule has 19 heavy (non-hydrogen) atoms. The van der Waals surface area contributed by atoms with E-state index in [4.69, 9.17) is 23.1 Å². The summed E-state index contributed by atoms with van der Waals surface area (Å²) in [6, 6.07) is 4.32. The molecule has 1 atom stereocenters. The monoisotopic (exact) mass is 281 g/mol. The molecule has 1 aromatic rings. The molecule has 1 heterocycles. The number of primary amides is 1. The van der Waals surface area contributed by atoms with Crippen LogP contribution in [0.3, 0.4) is 0 Å². The molecule has 5 nitrogen and oxygen atoms in total. The van der Waals surface area contributed by atoms with Crippen LogP contribution < -0.4 is 11.5 Å². The van der Waals surface area contributed by atoms with Gasteiger partial charge in [-0.3, -0.25) is 9.59 Å². The molecule has 1 aliphatic rings. The third-order valence-corrected chi connectivity index (χ3v) is 3.67. The van der Waals surface area contributed by atoms with Gasteiger partial charge in [-0.05, 0) is 31.4 Å². The zero-order chi connectivity index (χ0) is 14.0. The van der Waals surface area contributed by atoms with Crippen molar-refractivity contribution in [2.24, 2.45) is 5.73 Å². The number of rotatable bonds is 2. The maximum atomic E-state index is 12.5. The molecule has 2 amide bonds. The number of halogens is 1. The van der Waals surface area contributed by atoms with E-state index in [-0.39, 0.29) is 11.5 Å². The number of nitrogen functional groups attached to an aromatic ring is 1. The summed E-state index contributed by atoms with van der Waals surface area (Å²) in [5, 5.41) is 0.291.